The van der Waals surface area contributed by atoms with Crippen molar-refractivity contribution in [1.82, 2.24) is 0 Å². The standard InChI is InChI=1S/C45H74O19/c1-18(17-58-42-39(36(54)33(51)28(16-47)61-42)63-40-37(55)34(52)31(49)20(3)59-40)8-11-45(57)19(2)30-26(64-45)14-25-23-7-6-21-12-22(48)13-29(44(21,5)24(23)9-10-43(25,30)4)62-41-38(56)35(53)32(50)27(15-46)60-41/h6,18-20,22-42,46-57H,7-17H2,1-5H3/t18-,19+,20+,22-,23?,24?,25?,26+,27-,28-,29-,30+,31+,32+,33-,34-,35+,36+,37-,38-,39-,40?,41+,42?,43+,44+,45-/m1/s1. The molecule has 0 radical (unpaired) electrons. The van der Waals surface area contributed by atoms with E-state index >= 15 is 0 Å². The lowest BCUT2D eigenvalue weighted by Gasteiger charge is -2.60. The van der Waals surface area contributed by atoms with Gasteiger partial charge in [-0.3, -0.25) is 0 Å². The topological polar surface area (TPSA) is 307 Å². The highest BCUT2D eigenvalue weighted by molar-refractivity contribution is 5.28. The summed E-state index contributed by atoms with van der Waals surface area (Å²) in [5.74, 6) is -1.01. The average Bonchev–Trinajstić information content (AvgIpc) is 3.70. The molecule has 0 spiro atoms. The van der Waals surface area contributed by atoms with E-state index in [1.807, 2.05) is 6.92 Å². The molecular weight excluding hydrogens is 844 g/mol. The summed E-state index contributed by atoms with van der Waals surface area (Å²) in [6, 6.07) is 0. The molecule has 8 rings (SSSR count). The van der Waals surface area contributed by atoms with Gasteiger partial charge in [0.05, 0.1) is 44.2 Å². The molecule has 0 aromatic carbocycles. The Balaban J connectivity index is 0.904. The van der Waals surface area contributed by atoms with Crippen LogP contribution in [0.15, 0.2) is 11.6 Å². The quantitative estimate of drug-likeness (QED) is 0.0956. The van der Waals surface area contributed by atoms with Gasteiger partial charge in [0.25, 0.3) is 0 Å². The fraction of sp³-hybridized carbons (Fsp3) is 0.956. The maximum Gasteiger partial charge on any atom is 0.187 e. The molecule has 0 bridgehead atoms. The highest BCUT2D eigenvalue weighted by Crippen LogP contribution is 2.70. The first kappa shape index (κ1) is 49.4. The number of hydrogen-bond donors (Lipinski definition) is 12. The molecule has 5 unspecified atom stereocenters. The van der Waals surface area contributed by atoms with E-state index in [2.05, 4.69) is 26.8 Å². The maximum atomic E-state index is 12.2. The van der Waals surface area contributed by atoms with Crippen LogP contribution in [0.3, 0.4) is 0 Å². The lowest BCUT2D eigenvalue weighted by Crippen LogP contribution is -2.64. The van der Waals surface area contributed by atoms with Gasteiger partial charge in [-0.1, -0.05) is 39.3 Å². The minimum atomic E-state index is -1.69. The molecule has 4 aliphatic heterocycles. The van der Waals surface area contributed by atoms with E-state index in [1.54, 1.807) is 0 Å². The van der Waals surface area contributed by atoms with Gasteiger partial charge in [-0.25, -0.2) is 0 Å². The van der Waals surface area contributed by atoms with E-state index in [0.29, 0.717) is 25.7 Å². The van der Waals surface area contributed by atoms with Crippen LogP contribution in [0.5, 0.6) is 0 Å². The van der Waals surface area contributed by atoms with E-state index in [9.17, 15) is 61.3 Å². The van der Waals surface area contributed by atoms with Gasteiger partial charge in [0, 0.05) is 24.2 Å². The Hall–Kier alpha value is -1.02. The number of allylic oxidation sites excluding steroid dienone is 1. The van der Waals surface area contributed by atoms with E-state index in [-0.39, 0.29) is 53.6 Å². The summed E-state index contributed by atoms with van der Waals surface area (Å²) in [5, 5.41) is 127. The second-order valence-electron chi connectivity index (χ2n) is 21.1. The first-order valence-electron chi connectivity index (χ1n) is 23.5. The Morgan fingerprint density at radius 1 is 0.750 bits per heavy atom. The summed E-state index contributed by atoms with van der Waals surface area (Å²) in [7, 11) is 0. The van der Waals surface area contributed by atoms with Crippen LogP contribution in [-0.2, 0) is 33.2 Å². The zero-order valence-electron chi connectivity index (χ0n) is 37.4. The third-order valence-corrected chi connectivity index (χ3v) is 17.4. The third kappa shape index (κ3) is 8.36. The monoisotopic (exact) mass is 918 g/mol. The minimum Gasteiger partial charge on any atom is -0.394 e. The Morgan fingerprint density at radius 2 is 1.38 bits per heavy atom. The second-order valence-corrected chi connectivity index (χ2v) is 21.1. The molecule has 7 fully saturated rings. The van der Waals surface area contributed by atoms with E-state index in [0.717, 1.165) is 31.3 Å². The molecule has 4 heterocycles. The SMILES string of the molecule is C[C@H](CC[C@@]1(O)O[C@H]2CC3C4CC=C5C[C@@H](O)C[C@@H](O[C@@H]6O[C@H](CO)[C@H](O)[C@H](O)[C@H]6O)[C@]5(C)C4CC[C@]3(C)[C@H]2[C@@H]1C)COC1O[C@H](CO)[C@@H](O)[C@H](O)[C@H]1OC1O[C@@H](C)[C@H](O)[C@@H](O)[C@H]1O. The van der Waals surface area contributed by atoms with E-state index < -0.39 is 129 Å². The van der Waals surface area contributed by atoms with Crippen LogP contribution in [0, 0.1) is 46.3 Å². The van der Waals surface area contributed by atoms with Gasteiger partial charge in [-0.2, -0.15) is 0 Å². The van der Waals surface area contributed by atoms with Gasteiger partial charge >= 0.3 is 0 Å². The normalized spacial score (nSPS) is 55.5. The molecule has 19 heteroatoms. The predicted octanol–water partition coefficient (Wildman–Crippen LogP) is -1.86. The lowest BCUT2D eigenvalue weighted by atomic mass is 9.46. The lowest BCUT2D eigenvalue weighted by molar-refractivity contribution is -0.365. The van der Waals surface area contributed by atoms with Crippen molar-refractivity contribution in [3.8, 4) is 0 Å². The number of fused-ring (bicyclic) bond motifs is 7. The molecule has 0 amide bonds. The highest BCUT2D eigenvalue weighted by atomic mass is 16.8. The number of aliphatic hydroxyl groups is 12. The van der Waals surface area contributed by atoms with E-state index in [4.69, 9.17) is 33.2 Å². The summed E-state index contributed by atoms with van der Waals surface area (Å²) in [5.41, 5.74) is 0.442. The van der Waals surface area contributed by atoms with Crippen molar-refractivity contribution in [1.29, 1.82) is 0 Å². The summed E-state index contributed by atoms with van der Waals surface area (Å²) >= 11 is 0. The van der Waals surface area contributed by atoms with Crippen molar-refractivity contribution in [3.63, 3.8) is 0 Å². The molecule has 27 atom stereocenters. The Labute approximate surface area is 373 Å². The van der Waals surface area contributed by atoms with Crippen LogP contribution in [0.1, 0.15) is 86.0 Å². The van der Waals surface area contributed by atoms with Crippen molar-refractivity contribution in [2.45, 2.75) is 202 Å². The van der Waals surface area contributed by atoms with Crippen LogP contribution in [0.25, 0.3) is 0 Å². The average molecular weight is 919 g/mol. The zero-order chi connectivity index (χ0) is 46.4. The summed E-state index contributed by atoms with van der Waals surface area (Å²) in [4.78, 5) is 0. The van der Waals surface area contributed by atoms with Gasteiger partial charge in [-0.05, 0) is 80.5 Å². The highest BCUT2D eigenvalue weighted by Gasteiger charge is 2.69. The van der Waals surface area contributed by atoms with Gasteiger partial charge in [0.1, 0.15) is 67.1 Å². The number of hydrogen-bond acceptors (Lipinski definition) is 19. The van der Waals surface area contributed by atoms with Gasteiger partial charge < -0.3 is 94.4 Å². The van der Waals surface area contributed by atoms with Crippen molar-refractivity contribution < 1.29 is 94.4 Å². The molecule has 0 aromatic heterocycles. The van der Waals surface area contributed by atoms with Crippen molar-refractivity contribution in [2.24, 2.45) is 46.3 Å². The summed E-state index contributed by atoms with van der Waals surface area (Å²) in [6.07, 6.45) is -15.6. The minimum absolute atomic E-state index is 0.0594. The van der Waals surface area contributed by atoms with Gasteiger partial charge in [0.15, 0.2) is 24.7 Å². The van der Waals surface area contributed by atoms with Crippen LogP contribution in [0.2, 0.25) is 0 Å². The first-order valence-corrected chi connectivity index (χ1v) is 23.5. The van der Waals surface area contributed by atoms with Crippen molar-refractivity contribution in [2.75, 3.05) is 19.8 Å². The Kier molecular flexibility index (Phi) is 14.4. The van der Waals surface area contributed by atoms with Crippen molar-refractivity contribution in [3.05, 3.63) is 11.6 Å². The predicted molar refractivity (Wildman–Crippen MR) is 219 cm³/mol. The van der Waals surface area contributed by atoms with Crippen molar-refractivity contribution >= 4 is 0 Å². The van der Waals surface area contributed by atoms with Gasteiger partial charge in [-0.15, -0.1) is 0 Å². The Bertz CT molecular complexity index is 1640. The molecule has 3 saturated carbocycles. The number of aliphatic hydroxyl groups excluding tert-OH is 11. The fourth-order valence-electron chi connectivity index (χ4n) is 13.6. The van der Waals surface area contributed by atoms with E-state index in [1.165, 1.54) is 6.92 Å². The molecule has 19 nitrogen and oxygen atoms in total. The molecule has 8 aliphatic rings. The zero-order valence-corrected chi connectivity index (χ0v) is 37.4. The number of ether oxygens (including phenoxy) is 7. The second kappa shape index (κ2) is 18.7. The van der Waals surface area contributed by atoms with Crippen LogP contribution >= 0.6 is 0 Å². The smallest absolute Gasteiger partial charge is 0.187 e. The summed E-state index contributed by atoms with van der Waals surface area (Å²) < 4.78 is 42.3. The number of rotatable bonds is 12. The molecule has 12 N–H and O–H groups in total. The first-order chi connectivity index (χ1) is 30.2. The molecule has 64 heavy (non-hydrogen) atoms. The Morgan fingerprint density at radius 3 is 2.05 bits per heavy atom. The summed E-state index contributed by atoms with van der Waals surface area (Å²) in [6.45, 7) is 8.84. The molecule has 4 saturated heterocycles. The largest absolute Gasteiger partial charge is 0.394 e. The molecule has 368 valence electrons. The third-order valence-electron chi connectivity index (χ3n) is 17.4. The maximum absolute atomic E-state index is 12.2. The fourth-order valence-corrected chi connectivity index (χ4v) is 13.6. The van der Waals surface area contributed by atoms with Gasteiger partial charge in [0.2, 0.25) is 0 Å². The van der Waals surface area contributed by atoms with Crippen LogP contribution in [-0.4, -0.2) is 197 Å². The molecular formula is C45H74O19. The molecule has 4 aliphatic carbocycles. The van der Waals surface area contributed by atoms with Crippen LogP contribution < -0.4 is 0 Å². The molecule has 0 aromatic rings. The van der Waals surface area contributed by atoms with Crippen LogP contribution in [0.4, 0.5) is 0 Å².